The van der Waals surface area contributed by atoms with Gasteiger partial charge in [0.25, 0.3) is 0 Å². The normalized spacial score (nSPS) is 11.9. The molecule has 0 saturated carbocycles. The quantitative estimate of drug-likeness (QED) is 0.715. The van der Waals surface area contributed by atoms with E-state index in [2.05, 4.69) is 14.8 Å². The van der Waals surface area contributed by atoms with E-state index in [1.165, 1.54) is 43.0 Å². The minimum Gasteiger partial charge on any atom is -0.495 e. The van der Waals surface area contributed by atoms with Crippen LogP contribution in [-0.4, -0.2) is 36.7 Å². The first kappa shape index (κ1) is 16.2. The molecule has 0 saturated heterocycles. The van der Waals surface area contributed by atoms with Crippen molar-refractivity contribution in [1.82, 2.24) is 19.3 Å². The second-order valence-electron chi connectivity index (χ2n) is 4.63. The molecule has 10 heteroatoms. The Bertz CT molecular complexity index is 936. The van der Waals surface area contributed by atoms with E-state index in [1.54, 1.807) is 4.52 Å². The summed E-state index contributed by atoms with van der Waals surface area (Å²) in [6, 6.07) is 4.34. The fraction of sp³-hybridized carbons (Fsp3) is 0.231. The lowest BCUT2D eigenvalue weighted by atomic mass is 10.3. The number of rotatable bonds is 6. The second kappa shape index (κ2) is 6.44. The Balaban J connectivity index is 1.69. The summed E-state index contributed by atoms with van der Waals surface area (Å²) in [7, 11) is -2.16. The number of fused-ring (bicyclic) bond motifs is 1. The highest BCUT2D eigenvalue weighted by Gasteiger charge is 2.16. The Labute approximate surface area is 141 Å². The highest BCUT2D eigenvalue weighted by Crippen LogP contribution is 2.26. The topological polar surface area (TPSA) is 85.6 Å². The number of methoxy groups -OCH3 is 1. The summed E-state index contributed by atoms with van der Waals surface area (Å²) in [5.74, 6) is 0.428. The van der Waals surface area contributed by atoms with Crippen LogP contribution in [0.25, 0.3) is 4.96 Å². The molecular formula is C13H13ClN4O3S2. The third-order valence-electron chi connectivity index (χ3n) is 3.20. The molecule has 3 rings (SSSR count). The molecular weight excluding hydrogens is 360 g/mol. The molecule has 1 aromatic carbocycles. The van der Waals surface area contributed by atoms with Crippen molar-refractivity contribution in [1.29, 1.82) is 0 Å². The number of sulfonamides is 1. The van der Waals surface area contributed by atoms with Crippen molar-refractivity contribution in [3.63, 3.8) is 0 Å². The van der Waals surface area contributed by atoms with Crippen molar-refractivity contribution in [2.45, 2.75) is 11.3 Å². The molecule has 1 N–H and O–H groups in total. The van der Waals surface area contributed by atoms with Crippen molar-refractivity contribution >= 4 is 37.9 Å². The molecule has 0 spiro atoms. The molecule has 0 unspecified atom stereocenters. The summed E-state index contributed by atoms with van der Waals surface area (Å²) in [6.45, 7) is 0.248. The van der Waals surface area contributed by atoms with Gasteiger partial charge >= 0.3 is 0 Å². The highest BCUT2D eigenvalue weighted by molar-refractivity contribution is 7.89. The smallest absolute Gasteiger partial charge is 0.240 e. The number of aromatic nitrogens is 3. The summed E-state index contributed by atoms with van der Waals surface area (Å²) >= 11 is 7.43. The zero-order chi connectivity index (χ0) is 16.4. The molecule has 122 valence electrons. The van der Waals surface area contributed by atoms with E-state index >= 15 is 0 Å². The summed E-state index contributed by atoms with van der Waals surface area (Å²) < 4.78 is 33.8. The van der Waals surface area contributed by atoms with Gasteiger partial charge in [0.15, 0.2) is 0 Å². The van der Waals surface area contributed by atoms with Gasteiger partial charge in [0.05, 0.1) is 22.7 Å². The van der Waals surface area contributed by atoms with Crippen molar-refractivity contribution in [2.75, 3.05) is 13.7 Å². The van der Waals surface area contributed by atoms with Crippen LogP contribution in [0.3, 0.4) is 0 Å². The average molecular weight is 373 g/mol. The van der Waals surface area contributed by atoms with Gasteiger partial charge in [-0.05, 0) is 18.2 Å². The molecule has 2 heterocycles. The van der Waals surface area contributed by atoms with E-state index < -0.39 is 10.0 Å². The van der Waals surface area contributed by atoms with Gasteiger partial charge in [0.1, 0.15) is 12.1 Å². The first-order chi connectivity index (χ1) is 11.0. The van der Waals surface area contributed by atoms with Crippen LogP contribution in [0.2, 0.25) is 5.02 Å². The predicted molar refractivity (Wildman–Crippen MR) is 87.8 cm³/mol. The summed E-state index contributed by atoms with van der Waals surface area (Å²) in [6.07, 6.45) is 1.98. The number of halogens is 1. The molecule has 0 aliphatic heterocycles. The molecule has 23 heavy (non-hydrogen) atoms. The van der Waals surface area contributed by atoms with E-state index in [1.807, 2.05) is 5.38 Å². The second-order valence-corrected chi connectivity index (χ2v) is 7.64. The fourth-order valence-electron chi connectivity index (χ4n) is 2.05. The third kappa shape index (κ3) is 3.32. The first-order valence-corrected chi connectivity index (χ1v) is 9.34. The molecule has 0 aliphatic carbocycles. The lowest BCUT2D eigenvalue weighted by Gasteiger charge is -2.08. The lowest BCUT2D eigenvalue weighted by Crippen LogP contribution is -2.26. The molecule has 3 aromatic rings. The largest absolute Gasteiger partial charge is 0.495 e. The Morgan fingerprint density at radius 1 is 1.43 bits per heavy atom. The Kier molecular flexibility index (Phi) is 4.53. The summed E-state index contributed by atoms with van der Waals surface area (Å²) in [5.41, 5.74) is 0.901. The number of benzene rings is 1. The van der Waals surface area contributed by atoms with Crippen molar-refractivity contribution in [3.05, 3.63) is 40.6 Å². The number of ether oxygens (including phenoxy) is 1. The first-order valence-electron chi connectivity index (χ1n) is 6.60. The Hall–Kier alpha value is -1.68. The maximum Gasteiger partial charge on any atom is 0.240 e. The molecule has 0 aliphatic rings. The lowest BCUT2D eigenvalue weighted by molar-refractivity contribution is 0.414. The van der Waals surface area contributed by atoms with Crippen molar-refractivity contribution < 1.29 is 13.2 Å². The van der Waals surface area contributed by atoms with Gasteiger partial charge in [0.2, 0.25) is 15.0 Å². The van der Waals surface area contributed by atoms with E-state index in [-0.39, 0.29) is 16.5 Å². The minimum absolute atomic E-state index is 0.0968. The Morgan fingerprint density at radius 3 is 3.00 bits per heavy atom. The van der Waals surface area contributed by atoms with Crippen LogP contribution in [0, 0.1) is 0 Å². The standard InChI is InChI=1S/C13H13ClN4O3S2/c1-21-12-3-2-10(6-11(12)14)23(19,20)17-5-4-9-7-22-13-15-8-16-18(9)13/h2-3,6-8,17H,4-5H2,1H3. The number of hydrogen-bond acceptors (Lipinski definition) is 6. The summed E-state index contributed by atoms with van der Waals surface area (Å²) in [5, 5.41) is 6.25. The molecule has 0 amide bonds. The fourth-order valence-corrected chi connectivity index (χ4v) is 4.27. The van der Waals surface area contributed by atoms with Gasteiger partial charge in [-0.25, -0.2) is 22.6 Å². The minimum atomic E-state index is -3.63. The number of hydrogen-bond donors (Lipinski definition) is 1. The van der Waals surface area contributed by atoms with E-state index in [4.69, 9.17) is 16.3 Å². The van der Waals surface area contributed by atoms with Crippen molar-refractivity contribution in [3.8, 4) is 5.75 Å². The van der Waals surface area contributed by atoms with Crippen LogP contribution in [0.4, 0.5) is 0 Å². The summed E-state index contributed by atoms with van der Waals surface area (Å²) in [4.78, 5) is 4.95. The zero-order valence-corrected chi connectivity index (χ0v) is 14.5. The molecule has 2 aromatic heterocycles. The number of nitrogens with one attached hydrogen (secondary N) is 1. The maximum absolute atomic E-state index is 12.3. The zero-order valence-electron chi connectivity index (χ0n) is 12.1. The molecule has 0 bridgehead atoms. The monoisotopic (exact) mass is 372 g/mol. The number of thiazole rings is 1. The van der Waals surface area contributed by atoms with E-state index in [0.717, 1.165) is 10.7 Å². The molecule has 0 atom stereocenters. The van der Waals surface area contributed by atoms with Crippen LogP contribution in [-0.2, 0) is 16.4 Å². The van der Waals surface area contributed by atoms with Gasteiger partial charge in [-0.1, -0.05) is 11.6 Å². The SMILES string of the molecule is COc1ccc(S(=O)(=O)NCCc2csc3ncnn23)cc1Cl. The van der Waals surface area contributed by atoms with Crippen LogP contribution in [0.15, 0.2) is 34.8 Å². The Morgan fingerprint density at radius 2 is 2.26 bits per heavy atom. The van der Waals surface area contributed by atoms with Crippen molar-refractivity contribution in [2.24, 2.45) is 0 Å². The average Bonchev–Trinajstić information content (AvgIpc) is 3.11. The van der Waals surface area contributed by atoms with Gasteiger partial charge in [-0.15, -0.1) is 11.3 Å². The van der Waals surface area contributed by atoms with Crippen LogP contribution < -0.4 is 9.46 Å². The van der Waals surface area contributed by atoms with Crippen LogP contribution in [0.5, 0.6) is 5.75 Å². The number of nitrogens with zero attached hydrogens (tertiary/aromatic N) is 3. The molecule has 7 nitrogen and oxygen atoms in total. The maximum atomic E-state index is 12.3. The third-order valence-corrected chi connectivity index (χ3v) is 5.83. The highest BCUT2D eigenvalue weighted by atomic mass is 35.5. The molecule has 0 fully saturated rings. The van der Waals surface area contributed by atoms with Crippen LogP contribution in [0.1, 0.15) is 5.69 Å². The van der Waals surface area contributed by atoms with Gasteiger partial charge in [0, 0.05) is 18.3 Å². The van der Waals surface area contributed by atoms with Gasteiger partial charge in [-0.3, -0.25) is 0 Å². The molecule has 0 radical (unpaired) electrons. The van der Waals surface area contributed by atoms with E-state index in [9.17, 15) is 8.42 Å². The van der Waals surface area contributed by atoms with Gasteiger partial charge in [-0.2, -0.15) is 5.10 Å². The predicted octanol–water partition coefficient (Wildman–Crippen LogP) is 1.97. The van der Waals surface area contributed by atoms with Crippen LogP contribution >= 0.6 is 22.9 Å². The van der Waals surface area contributed by atoms with Gasteiger partial charge < -0.3 is 4.74 Å². The van der Waals surface area contributed by atoms with E-state index in [0.29, 0.717) is 12.2 Å².